The maximum absolute atomic E-state index is 11.9. The molecule has 2 atom stereocenters. The van der Waals surface area contributed by atoms with Crippen molar-refractivity contribution in [1.29, 1.82) is 0 Å². The molecule has 1 rings (SSSR count). The maximum atomic E-state index is 11.9. The molecular formula is C12H21NO4. The first-order valence-electron chi connectivity index (χ1n) is 6.23. The van der Waals surface area contributed by atoms with Crippen LogP contribution in [0, 0.1) is 5.92 Å². The molecule has 1 fully saturated rings. The molecule has 0 unspecified atom stereocenters. The van der Waals surface area contributed by atoms with Gasteiger partial charge in [-0.2, -0.15) is 0 Å². The van der Waals surface area contributed by atoms with Crippen molar-refractivity contribution in [3.8, 4) is 0 Å². The van der Waals surface area contributed by atoms with Gasteiger partial charge in [-0.25, -0.2) is 4.79 Å². The molecule has 5 nitrogen and oxygen atoms in total. The molecule has 1 aliphatic rings. The third-order valence-electron chi connectivity index (χ3n) is 3.27. The summed E-state index contributed by atoms with van der Waals surface area (Å²) in [6.45, 7) is 1.37. The number of carbonyl (C=O) groups excluding carboxylic acids is 1. The number of hydrogen-bond acceptors (Lipinski definition) is 3. The molecule has 17 heavy (non-hydrogen) atoms. The van der Waals surface area contributed by atoms with E-state index in [-0.39, 0.29) is 11.8 Å². The zero-order valence-corrected chi connectivity index (χ0v) is 10.2. The number of amides is 1. The highest BCUT2D eigenvalue weighted by Gasteiger charge is 2.28. The molecule has 0 aromatic rings. The highest BCUT2D eigenvalue weighted by Crippen LogP contribution is 2.23. The summed E-state index contributed by atoms with van der Waals surface area (Å²) in [7, 11) is 0. The summed E-state index contributed by atoms with van der Waals surface area (Å²) < 4.78 is 0. The molecule has 0 heterocycles. The average Bonchev–Trinajstić information content (AvgIpc) is 2.52. The fraction of sp³-hybridized carbons (Fsp3) is 0.833. The zero-order valence-electron chi connectivity index (χ0n) is 10.2. The van der Waals surface area contributed by atoms with E-state index < -0.39 is 18.1 Å². The maximum Gasteiger partial charge on any atom is 0.328 e. The summed E-state index contributed by atoms with van der Waals surface area (Å²) in [6, 6.07) is -1.20. The van der Waals surface area contributed by atoms with E-state index in [0.29, 0.717) is 0 Å². The van der Waals surface area contributed by atoms with Crippen molar-refractivity contribution in [2.75, 3.05) is 0 Å². The highest BCUT2D eigenvalue weighted by molar-refractivity contribution is 5.85. The lowest BCUT2D eigenvalue weighted by Crippen LogP contribution is -2.49. The Morgan fingerprint density at radius 1 is 1.18 bits per heavy atom. The quantitative estimate of drug-likeness (QED) is 0.640. The Morgan fingerprint density at radius 2 is 1.71 bits per heavy atom. The van der Waals surface area contributed by atoms with E-state index in [9.17, 15) is 14.7 Å². The third kappa shape index (κ3) is 4.34. The second-order valence-corrected chi connectivity index (χ2v) is 4.75. The van der Waals surface area contributed by atoms with Gasteiger partial charge in [0.2, 0.25) is 5.91 Å². The van der Waals surface area contributed by atoms with Crippen LogP contribution in [-0.4, -0.2) is 34.2 Å². The fourth-order valence-electron chi connectivity index (χ4n) is 2.20. The molecule has 0 radical (unpaired) electrons. The van der Waals surface area contributed by atoms with E-state index in [0.717, 1.165) is 38.5 Å². The minimum atomic E-state index is -1.20. The second-order valence-electron chi connectivity index (χ2n) is 4.75. The molecule has 1 amide bonds. The van der Waals surface area contributed by atoms with Crippen molar-refractivity contribution in [2.45, 2.75) is 57.6 Å². The number of nitrogens with one attached hydrogen (secondary N) is 1. The van der Waals surface area contributed by atoms with Gasteiger partial charge in [-0.05, 0) is 19.8 Å². The molecule has 0 aromatic carbocycles. The Bertz CT molecular complexity index is 270. The molecule has 5 heteroatoms. The lowest BCUT2D eigenvalue weighted by molar-refractivity contribution is -0.145. The third-order valence-corrected chi connectivity index (χ3v) is 3.27. The van der Waals surface area contributed by atoms with E-state index in [1.807, 2.05) is 0 Å². The largest absolute Gasteiger partial charge is 0.480 e. The summed E-state index contributed by atoms with van der Waals surface area (Å²) in [4.78, 5) is 22.7. The van der Waals surface area contributed by atoms with Crippen LogP contribution >= 0.6 is 0 Å². The number of aliphatic hydroxyl groups excluding tert-OH is 1. The number of hydrogen-bond donors (Lipinski definition) is 3. The van der Waals surface area contributed by atoms with Crippen molar-refractivity contribution in [1.82, 2.24) is 5.32 Å². The monoisotopic (exact) mass is 243 g/mol. The SMILES string of the molecule is C[C@@H](O)[C@H](NC(=O)C1CCCCCC1)C(=O)O. The van der Waals surface area contributed by atoms with Crippen LogP contribution in [0.25, 0.3) is 0 Å². The Labute approximate surface area is 101 Å². The molecule has 0 bridgehead atoms. The van der Waals surface area contributed by atoms with Crippen LogP contribution in [0.4, 0.5) is 0 Å². The second kappa shape index (κ2) is 6.59. The normalized spacial score (nSPS) is 21.3. The first kappa shape index (κ1) is 14.0. The molecule has 0 saturated heterocycles. The van der Waals surface area contributed by atoms with Gasteiger partial charge in [0.15, 0.2) is 6.04 Å². The number of aliphatic carboxylic acids is 1. The van der Waals surface area contributed by atoms with E-state index in [1.54, 1.807) is 0 Å². The van der Waals surface area contributed by atoms with Gasteiger partial charge in [0.05, 0.1) is 6.10 Å². The van der Waals surface area contributed by atoms with Gasteiger partial charge in [0.1, 0.15) is 0 Å². The smallest absolute Gasteiger partial charge is 0.328 e. The van der Waals surface area contributed by atoms with Crippen molar-refractivity contribution in [2.24, 2.45) is 5.92 Å². The van der Waals surface area contributed by atoms with Crippen LogP contribution in [0.5, 0.6) is 0 Å². The Hall–Kier alpha value is -1.10. The van der Waals surface area contributed by atoms with Crippen molar-refractivity contribution >= 4 is 11.9 Å². The molecule has 0 aliphatic heterocycles. The van der Waals surface area contributed by atoms with Gasteiger partial charge < -0.3 is 15.5 Å². The molecule has 0 spiro atoms. The minimum absolute atomic E-state index is 0.0990. The van der Waals surface area contributed by atoms with Crippen LogP contribution in [0.2, 0.25) is 0 Å². The van der Waals surface area contributed by atoms with Gasteiger partial charge in [0.25, 0.3) is 0 Å². The van der Waals surface area contributed by atoms with Gasteiger partial charge in [0, 0.05) is 5.92 Å². The van der Waals surface area contributed by atoms with Crippen molar-refractivity contribution < 1.29 is 19.8 Å². The predicted molar refractivity (Wildman–Crippen MR) is 62.4 cm³/mol. The van der Waals surface area contributed by atoms with Crippen LogP contribution in [-0.2, 0) is 9.59 Å². The number of carboxylic acid groups (broad SMARTS) is 1. The van der Waals surface area contributed by atoms with E-state index in [2.05, 4.69) is 5.32 Å². The molecular weight excluding hydrogens is 222 g/mol. The van der Waals surface area contributed by atoms with E-state index in [4.69, 9.17) is 5.11 Å². The molecule has 98 valence electrons. The van der Waals surface area contributed by atoms with E-state index in [1.165, 1.54) is 6.92 Å². The van der Waals surface area contributed by atoms with Crippen molar-refractivity contribution in [3.05, 3.63) is 0 Å². The number of carboxylic acids is 1. The Morgan fingerprint density at radius 3 is 2.12 bits per heavy atom. The topological polar surface area (TPSA) is 86.6 Å². The average molecular weight is 243 g/mol. The fourth-order valence-corrected chi connectivity index (χ4v) is 2.20. The van der Waals surface area contributed by atoms with Crippen molar-refractivity contribution in [3.63, 3.8) is 0 Å². The van der Waals surface area contributed by atoms with Gasteiger partial charge in [-0.1, -0.05) is 25.7 Å². The number of carbonyl (C=O) groups is 2. The number of aliphatic hydroxyl groups is 1. The Balaban J connectivity index is 2.53. The minimum Gasteiger partial charge on any atom is -0.480 e. The first-order valence-corrected chi connectivity index (χ1v) is 6.23. The highest BCUT2D eigenvalue weighted by atomic mass is 16.4. The van der Waals surface area contributed by atoms with Crippen LogP contribution in [0.15, 0.2) is 0 Å². The van der Waals surface area contributed by atoms with Crippen LogP contribution < -0.4 is 5.32 Å². The molecule has 1 saturated carbocycles. The van der Waals surface area contributed by atoms with Gasteiger partial charge in [-0.15, -0.1) is 0 Å². The standard InChI is InChI=1S/C12H21NO4/c1-8(14)10(12(16)17)13-11(15)9-6-4-2-3-5-7-9/h8-10,14H,2-7H2,1H3,(H,13,15)(H,16,17)/t8-,10+/m1/s1. The Kier molecular flexibility index (Phi) is 5.41. The summed E-state index contributed by atoms with van der Waals surface area (Å²) in [6.07, 6.45) is 4.87. The summed E-state index contributed by atoms with van der Waals surface area (Å²) in [5.74, 6) is -1.53. The first-order chi connectivity index (χ1) is 8.02. The summed E-state index contributed by atoms with van der Waals surface area (Å²) in [5, 5.41) is 20.6. The molecule has 3 N–H and O–H groups in total. The van der Waals surface area contributed by atoms with Gasteiger partial charge >= 0.3 is 5.97 Å². The molecule has 0 aromatic heterocycles. The zero-order chi connectivity index (χ0) is 12.8. The predicted octanol–water partition coefficient (Wildman–Crippen LogP) is 0.907. The van der Waals surface area contributed by atoms with E-state index >= 15 is 0 Å². The summed E-state index contributed by atoms with van der Waals surface area (Å²) in [5.41, 5.74) is 0. The van der Waals surface area contributed by atoms with Gasteiger partial charge in [-0.3, -0.25) is 4.79 Å². The van der Waals surface area contributed by atoms with Crippen LogP contribution in [0.1, 0.15) is 45.4 Å². The summed E-state index contributed by atoms with van der Waals surface area (Å²) >= 11 is 0. The number of rotatable bonds is 4. The lowest BCUT2D eigenvalue weighted by Gasteiger charge is -2.20. The molecule has 1 aliphatic carbocycles. The lowest BCUT2D eigenvalue weighted by atomic mass is 9.98. The van der Waals surface area contributed by atoms with Crippen LogP contribution in [0.3, 0.4) is 0 Å².